The summed E-state index contributed by atoms with van der Waals surface area (Å²) in [6.45, 7) is 8.22. The van der Waals surface area contributed by atoms with Crippen molar-refractivity contribution < 1.29 is 18.7 Å². The fraction of sp³-hybridized carbons (Fsp3) is 0.708. The van der Waals surface area contributed by atoms with E-state index in [9.17, 15) is 9.18 Å². The highest BCUT2D eigenvalue weighted by molar-refractivity contribution is 5.78. The number of nitrogens with one attached hydrogen (secondary N) is 1. The van der Waals surface area contributed by atoms with Crippen molar-refractivity contribution in [3.63, 3.8) is 0 Å². The smallest absolute Gasteiger partial charge is 0.223 e. The lowest BCUT2D eigenvalue weighted by Gasteiger charge is -2.39. The zero-order valence-corrected chi connectivity index (χ0v) is 18.3. The maximum absolute atomic E-state index is 13.1. The first-order valence-corrected chi connectivity index (χ1v) is 11.4. The first-order chi connectivity index (χ1) is 14.3. The van der Waals surface area contributed by atoms with Gasteiger partial charge in [0.1, 0.15) is 5.82 Å². The van der Waals surface area contributed by atoms with E-state index >= 15 is 0 Å². The Bertz CT molecular complexity index is 728. The molecule has 1 spiro atoms. The lowest BCUT2D eigenvalue weighted by Crippen LogP contribution is -2.46. The minimum absolute atomic E-state index is 0.0324. The molecule has 0 bridgehead atoms. The molecular formula is C24H35FN2O3. The monoisotopic (exact) mass is 418 g/mol. The van der Waals surface area contributed by atoms with Crippen LogP contribution >= 0.6 is 0 Å². The van der Waals surface area contributed by atoms with Crippen molar-refractivity contribution in [1.29, 1.82) is 0 Å². The maximum Gasteiger partial charge on any atom is 0.223 e. The van der Waals surface area contributed by atoms with Gasteiger partial charge in [0, 0.05) is 38.7 Å². The van der Waals surface area contributed by atoms with E-state index in [2.05, 4.69) is 24.1 Å². The summed E-state index contributed by atoms with van der Waals surface area (Å²) in [5.41, 5.74) is 0.905. The van der Waals surface area contributed by atoms with Crippen molar-refractivity contribution in [2.75, 3.05) is 26.2 Å². The van der Waals surface area contributed by atoms with Crippen LogP contribution in [0.1, 0.15) is 57.9 Å². The lowest BCUT2D eigenvalue weighted by molar-refractivity contribution is -0.136. The van der Waals surface area contributed by atoms with Gasteiger partial charge in [-0.25, -0.2) is 4.39 Å². The predicted molar refractivity (Wildman–Crippen MR) is 114 cm³/mol. The van der Waals surface area contributed by atoms with Crippen molar-refractivity contribution in [3.05, 3.63) is 35.6 Å². The summed E-state index contributed by atoms with van der Waals surface area (Å²) in [6.07, 6.45) is 5.82. The van der Waals surface area contributed by atoms with Gasteiger partial charge in [0.25, 0.3) is 0 Å². The number of benzene rings is 1. The van der Waals surface area contributed by atoms with Gasteiger partial charge in [-0.1, -0.05) is 12.1 Å². The van der Waals surface area contributed by atoms with Crippen LogP contribution in [0.5, 0.6) is 0 Å². The highest BCUT2D eigenvalue weighted by Gasteiger charge is 2.42. The molecule has 0 radical (unpaired) electrons. The second-order valence-electron chi connectivity index (χ2n) is 9.91. The number of rotatable bonds is 5. The van der Waals surface area contributed by atoms with Gasteiger partial charge in [-0.2, -0.15) is 0 Å². The highest BCUT2D eigenvalue weighted by Crippen LogP contribution is 2.39. The van der Waals surface area contributed by atoms with Crippen LogP contribution in [0.3, 0.4) is 0 Å². The average molecular weight is 419 g/mol. The largest absolute Gasteiger partial charge is 0.376 e. The molecule has 0 unspecified atom stereocenters. The Morgan fingerprint density at radius 2 is 1.90 bits per heavy atom. The predicted octanol–water partition coefficient (Wildman–Crippen LogP) is 3.66. The van der Waals surface area contributed by atoms with Crippen LogP contribution < -0.4 is 5.32 Å². The van der Waals surface area contributed by atoms with E-state index < -0.39 is 0 Å². The number of amides is 1. The van der Waals surface area contributed by atoms with Crippen LogP contribution in [0, 0.1) is 11.7 Å². The molecule has 0 saturated carbocycles. The number of carbonyl (C=O) groups excluding carboxylic acids is 1. The molecule has 0 aromatic heterocycles. The van der Waals surface area contributed by atoms with Crippen LogP contribution in [0.25, 0.3) is 0 Å². The SMILES string of the molecule is CC1(C)C[C@H](C(=O)NC[C@H]2CCC3(CCN(Cc4ccc(F)cc4)CC3)O2)CCO1. The normalized spacial score (nSPS) is 28.5. The fourth-order valence-electron chi connectivity index (χ4n) is 5.19. The van der Waals surface area contributed by atoms with E-state index in [1.165, 1.54) is 12.1 Å². The second kappa shape index (κ2) is 8.93. The van der Waals surface area contributed by atoms with Crippen molar-refractivity contribution in [2.45, 2.75) is 76.2 Å². The number of carbonyl (C=O) groups is 1. The molecule has 3 saturated heterocycles. The molecular weight excluding hydrogens is 383 g/mol. The molecule has 1 amide bonds. The Hall–Kier alpha value is -1.50. The number of hydrogen-bond donors (Lipinski definition) is 1. The number of piperidine rings is 1. The molecule has 4 rings (SSSR count). The Kier molecular flexibility index (Phi) is 6.47. The Morgan fingerprint density at radius 3 is 2.60 bits per heavy atom. The van der Waals surface area contributed by atoms with E-state index in [1.54, 1.807) is 0 Å². The number of nitrogens with zero attached hydrogens (tertiary/aromatic N) is 1. The van der Waals surface area contributed by atoms with Crippen LogP contribution in [-0.4, -0.2) is 54.4 Å². The van der Waals surface area contributed by atoms with Crippen LogP contribution in [0.4, 0.5) is 4.39 Å². The van der Waals surface area contributed by atoms with Crippen LogP contribution in [0.15, 0.2) is 24.3 Å². The number of halogens is 1. The summed E-state index contributed by atoms with van der Waals surface area (Å²) in [5.74, 6) is -0.00164. The maximum atomic E-state index is 13.1. The van der Waals surface area contributed by atoms with Gasteiger partial charge >= 0.3 is 0 Å². The molecule has 3 aliphatic rings. The van der Waals surface area contributed by atoms with Crippen LogP contribution in [-0.2, 0) is 20.8 Å². The summed E-state index contributed by atoms with van der Waals surface area (Å²) < 4.78 is 25.3. The zero-order valence-electron chi connectivity index (χ0n) is 18.3. The average Bonchev–Trinajstić information content (AvgIpc) is 3.12. The Labute approximate surface area is 179 Å². The summed E-state index contributed by atoms with van der Waals surface area (Å²) in [7, 11) is 0. The van der Waals surface area contributed by atoms with Gasteiger partial charge in [-0.05, 0) is 70.1 Å². The second-order valence-corrected chi connectivity index (χ2v) is 9.91. The summed E-state index contributed by atoms with van der Waals surface area (Å²) in [6, 6.07) is 6.79. The molecule has 6 heteroatoms. The molecule has 166 valence electrons. The molecule has 1 aromatic rings. The minimum Gasteiger partial charge on any atom is -0.376 e. The van der Waals surface area contributed by atoms with E-state index in [1.807, 2.05) is 12.1 Å². The number of ether oxygens (including phenoxy) is 2. The van der Waals surface area contributed by atoms with E-state index in [4.69, 9.17) is 9.47 Å². The third-order valence-corrected chi connectivity index (χ3v) is 7.00. The Balaban J connectivity index is 1.20. The van der Waals surface area contributed by atoms with Crippen molar-refractivity contribution in [3.8, 4) is 0 Å². The molecule has 1 aromatic carbocycles. The summed E-state index contributed by atoms with van der Waals surface area (Å²) in [4.78, 5) is 15.0. The summed E-state index contributed by atoms with van der Waals surface area (Å²) >= 11 is 0. The third kappa shape index (κ3) is 5.40. The lowest BCUT2D eigenvalue weighted by atomic mass is 9.87. The van der Waals surface area contributed by atoms with Gasteiger partial charge in [-0.3, -0.25) is 9.69 Å². The molecule has 0 aliphatic carbocycles. The Morgan fingerprint density at radius 1 is 1.17 bits per heavy atom. The highest BCUT2D eigenvalue weighted by atomic mass is 19.1. The molecule has 2 atom stereocenters. The van der Waals surface area contributed by atoms with E-state index in [-0.39, 0.29) is 34.9 Å². The minimum atomic E-state index is -0.212. The van der Waals surface area contributed by atoms with Crippen LogP contribution in [0.2, 0.25) is 0 Å². The first-order valence-electron chi connectivity index (χ1n) is 11.4. The van der Waals surface area contributed by atoms with Crippen molar-refractivity contribution in [2.24, 2.45) is 5.92 Å². The van der Waals surface area contributed by atoms with Crippen molar-refractivity contribution in [1.82, 2.24) is 10.2 Å². The van der Waals surface area contributed by atoms with Gasteiger partial charge < -0.3 is 14.8 Å². The van der Waals surface area contributed by atoms with Gasteiger partial charge in [-0.15, -0.1) is 0 Å². The topological polar surface area (TPSA) is 50.8 Å². The molecule has 1 N–H and O–H groups in total. The number of hydrogen-bond acceptors (Lipinski definition) is 4. The number of likely N-dealkylation sites (tertiary alicyclic amines) is 1. The quantitative estimate of drug-likeness (QED) is 0.793. The molecule has 3 heterocycles. The first kappa shape index (κ1) is 21.7. The molecule has 30 heavy (non-hydrogen) atoms. The van der Waals surface area contributed by atoms with E-state index in [0.29, 0.717) is 13.2 Å². The summed E-state index contributed by atoms with van der Waals surface area (Å²) in [5, 5.41) is 3.14. The third-order valence-electron chi connectivity index (χ3n) is 7.00. The van der Waals surface area contributed by atoms with Crippen molar-refractivity contribution >= 4 is 5.91 Å². The molecule has 3 aliphatic heterocycles. The molecule has 3 fully saturated rings. The van der Waals surface area contributed by atoms with Gasteiger partial charge in [0.2, 0.25) is 5.91 Å². The fourth-order valence-corrected chi connectivity index (χ4v) is 5.19. The van der Waals surface area contributed by atoms with Gasteiger partial charge in [0.15, 0.2) is 0 Å². The standard InChI is InChI=1S/C24H35FN2O3/c1-23(2)15-19(8-14-29-23)22(28)26-16-21-7-9-24(30-21)10-12-27(13-11-24)17-18-3-5-20(25)6-4-18/h3-6,19,21H,7-17H2,1-2H3,(H,26,28)/t19-,21-/m1/s1. The molecule has 5 nitrogen and oxygen atoms in total. The van der Waals surface area contributed by atoms with Gasteiger partial charge in [0.05, 0.1) is 17.3 Å². The van der Waals surface area contributed by atoms with E-state index in [0.717, 1.165) is 63.7 Å². The zero-order chi connectivity index (χ0) is 21.2.